The van der Waals surface area contributed by atoms with Crippen LogP contribution in [-0.4, -0.2) is 80.6 Å². The lowest BCUT2D eigenvalue weighted by Crippen LogP contribution is -2.60. The molecule has 0 saturated carbocycles. The molecule has 1 N–H and O–H groups in total. The van der Waals surface area contributed by atoms with Crippen LogP contribution in [0.5, 0.6) is 0 Å². The van der Waals surface area contributed by atoms with E-state index >= 15 is 0 Å². The predicted molar refractivity (Wildman–Crippen MR) is 125 cm³/mol. The highest BCUT2D eigenvalue weighted by atomic mass is 32.2. The predicted octanol–water partition coefficient (Wildman–Crippen LogP) is 2.25. The highest BCUT2D eigenvalue weighted by Gasteiger charge is 2.76. The molecule has 3 heterocycles. The number of esters is 1. The molecule has 7 nitrogen and oxygen atoms in total. The van der Waals surface area contributed by atoms with E-state index in [1.807, 2.05) is 20.8 Å². The summed E-state index contributed by atoms with van der Waals surface area (Å²) in [4.78, 5) is 44.0. The third kappa shape index (κ3) is 3.79. The third-order valence-corrected chi connectivity index (χ3v) is 9.12. The Morgan fingerprint density at radius 1 is 1.34 bits per heavy atom. The molecule has 3 aliphatic heterocycles. The molecule has 1 spiro atoms. The van der Waals surface area contributed by atoms with Crippen LogP contribution in [0.2, 0.25) is 0 Å². The van der Waals surface area contributed by atoms with Crippen molar-refractivity contribution < 1.29 is 24.2 Å². The Labute approximate surface area is 195 Å². The van der Waals surface area contributed by atoms with Crippen LogP contribution in [0.15, 0.2) is 25.3 Å². The number of aliphatic hydroxyl groups is 1. The number of amides is 2. The first-order valence-electron chi connectivity index (χ1n) is 11.3. The number of rotatable bonds is 9. The van der Waals surface area contributed by atoms with Crippen molar-refractivity contribution in [2.75, 3.05) is 26.3 Å². The van der Waals surface area contributed by atoms with Crippen LogP contribution in [0, 0.1) is 17.8 Å². The van der Waals surface area contributed by atoms with E-state index in [9.17, 15) is 19.5 Å². The van der Waals surface area contributed by atoms with Crippen molar-refractivity contribution in [1.82, 2.24) is 9.80 Å². The first-order chi connectivity index (χ1) is 15.1. The number of thioether (sulfide) groups is 1. The number of likely N-dealkylation sites (tertiary alicyclic amines) is 1. The number of hydrogen-bond acceptors (Lipinski definition) is 6. The average Bonchev–Trinajstić information content (AvgIpc) is 3.29. The second-order valence-corrected chi connectivity index (χ2v) is 11.5. The molecular weight excluding hydrogens is 428 g/mol. The van der Waals surface area contributed by atoms with Crippen LogP contribution >= 0.6 is 11.8 Å². The second-order valence-electron chi connectivity index (χ2n) is 9.96. The highest BCUT2D eigenvalue weighted by Crippen LogP contribution is 2.68. The topological polar surface area (TPSA) is 87.2 Å². The van der Waals surface area contributed by atoms with Crippen LogP contribution in [0.3, 0.4) is 0 Å². The van der Waals surface area contributed by atoms with Crippen molar-refractivity contribution in [3.05, 3.63) is 25.3 Å². The van der Waals surface area contributed by atoms with Crippen LogP contribution in [0.1, 0.15) is 40.5 Å². The average molecular weight is 465 g/mol. The number of fused-ring (bicyclic) bond motifs is 1. The Balaban J connectivity index is 2.04. The fourth-order valence-electron chi connectivity index (χ4n) is 5.73. The van der Waals surface area contributed by atoms with E-state index in [1.54, 1.807) is 28.8 Å². The number of nitrogens with zero attached hydrogens (tertiary/aromatic N) is 2. The lowest BCUT2D eigenvalue weighted by atomic mass is 9.66. The van der Waals surface area contributed by atoms with E-state index in [1.165, 1.54) is 4.90 Å². The quantitative estimate of drug-likeness (QED) is 0.320. The molecule has 8 heteroatoms. The number of ether oxygens (including phenoxy) is 1. The zero-order chi connectivity index (χ0) is 23.8. The lowest BCUT2D eigenvalue weighted by molar-refractivity contribution is -0.154. The van der Waals surface area contributed by atoms with Crippen LogP contribution < -0.4 is 0 Å². The summed E-state index contributed by atoms with van der Waals surface area (Å²) in [5, 5.41) is 9.67. The molecule has 32 heavy (non-hydrogen) atoms. The molecule has 0 aromatic rings. The van der Waals surface area contributed by atoms with E-state index in [-0.39, 0.29) is 48.7 Å². The van der Waals surface area contributed by atoms with E-state index in [0.29, 0.717) is 13.0 Å². The van der Waals surface area contributed by atoms with Crippen LogP contribution in [-0.2, 0) is 19.1 Å². The fraction of sp³-hybridized carbons (Fsp3) is 0.708. The van der Waals surface area contributed by atoms with E-state index in [4.69, 9.17) is 4.74 Å². The molecule has 0 aromatic heterocycles. The second kappa shape index (κ2) is 9.21. The summed E-state index contributed by atoms with van der Waals surface area (Å²) in [5.74, 6) is -1.86. The van der Waals surface area contributed by atoms with Gasteiger partial charge in [0, 0.05) is 23.9 Å². The Bertz CT molecular complexity index is 794. The first kappa shape index (κ1) is 24.8. The molecule has 0 radical (unpaired) electrons. The molecule has 3 saturated heterocycles. The van der Waals surface area contributed by atoms with Crippen molar-refractivity contribution in [3.8, 4) is 0 Å². The number of carbonyl (C=O) groups is 3. The smallest absolute Gasteiger partial charge is 0.310 e. The van der Waals surface area contributed by atoms with Crippen molar-refractivity contribution in [2.24, 2.45) is 17.8 Å². The molecule has 3 rings (SSSR count). The normalized spacial score (nSPS) is 33.2. The van der Waals surface area contributed by atoms with Crippen molar-refractivity contribution in [3.63, 3.8) is 0 Å². The van der Waals surface area contributed by atoms with Gasteiger partial charge < -0.3 is 19.6 Å². The molecule has 2 bridgehead atoms. The summed E-state index contributed by atoms with van der Waals surface area (Å²) in [6, 6.07) is -0.734. The van der Waals surface area contributed by atoms with Gasteiger partial charge in [0.1, 0.15) is 6.04 Å². The molecule has 3 unspecified atom stereocenters. The maximum Gasteiger partial charge on any atom is 0.310 e. The maximum atomic E-state index is 14.0. The van der Waals surface area contributed by atoms with E-state index in [0.717, 1.165) is 6.42 Å². The van der Waals surface area contributed by atoms with Crippen molar-refractivity contribution in [2.45, 2.75) is 62.1 Å². The van der Waals surface area contributed by atoms with E-state index in [2.05, 4.69) is 20.1 Å². The minimum Gasteiger partial charge on any atom is -0.465 e. The van der Waals surface area contributed by atoms with Gasteiger partial charge in [-0.1, -0.05) is 19.1 Å². The summed E-state index contributed by atoms with van der Waals surface area (Å²) in [7, 11) is 0. The monoisotopic (exact) mass is 464 g/mol. The van der Waals surface area contributed by atoms with Gasteiger partial charge in [0.15, 0.2) is 0 Å². The van der Waals surface area contributed by atoms with Gasteiger partial charge in [0.05, 0.1) is 29.8 Å². The number of aliphatic hydroxyl groups excluding tert-OH is 1. The molecule has 178 valence electrons. The zero-order valence-corrected chi connectivity index (χ0v) is 20.4. The lowest BCUT2D eigenvalue weighted by Gasteiger charge is -2.43. The van der Waals surface area contributed by atoms with Gasteiger partial charge in [-0.25, -0.2) is 0 Å². The Hall–Kier alpha value is -1.80. The van der Waals surface area contributed by atoms with Gasteiger partial charge in [-0.3, -0.25) is 14.4 Å². The molecule has 0 aliphatic carbocycles. The van der Waals surface area contributed by atoms with Crippen molar-refractivity contribution in [1.29, 1.82) is 0 Å². The molecule has 3 aliphatic rings. The first-order valence-corrected chi connectivity index (χ1v) is 12.2. The van der Waals surface area contributed by atoms with Gasteiger partial charge in [0.2, 0.25) is 11.8 Å². The SMILES string of the molecule is C=CCCOC(=O)[C@@H]1[C@@H]2CC(C)C3(S2)C(C(=O)N(CC=C)C(C)(C)C)N(CCO)C(=O)[C@H]13. The minimum atomic E-state index is -0.734. The molecule has 0 aromatic carbocycles. The number of β-amino-alcohol motifs (C(OH)–C–C–N with tert-alkyl or cyclic N) is 1. The summed E-state index contributed by atoms with van der Waals surface area (Å²) in [6.45, 7) is 15.8. The Morgan fingerprint density at radius 2 is 2.03 bits per heavy atom. The van der Waals surface area contributed by atoms with Gasteiger partial charge in [-0.15, -0.1) is 24.9 Å². The Kier molecular flexibility index (Phi) is 7.15. The van der Waals surface area contributed by atoms with Gasteiger partial charge in [-0.05, 0) is 39.5 Å². The molecular formula is C24H36N2O5S. The molecule has 6 atom stereocenters. The number of hydrogen-bond donors (Lipinski definition) is 1. The minimum absolute atomic E-state index is 0.0516. The van der Waals surface area contributed by atoms with Crippen LogP contribution in [0.4, 0.5) is 0 Å². The summed E-state index contributed by atoms with van der Waals surface area (Å²) in [6.07, 6.45) is 4.68. The molecule has 2 amide bonds. The summed E-state index contributed by atoms with van der Waals surface area (Å²) >= 11 is 1.61. The number of carbonyl (C=O) groups excluding carboxylic acids is 3. The summed E-state index contributed by atoms with van der Waals surface area (Å²) < 4.78 is 4.78. The molecule has 3 fully saturated rings. The van der Waals surface area contributed by atoms with Gasteiger partial charge in [0.25, 0.3) is 0 Å². The van der Waals surface area contributed by atoms with Crippen molar-refractivity contribution >= 4 is 29.5 Å². The zero-order valence-electron chi connectivity index (χ0n) is 19.6. The summed E-state index contributed by atoms with van der Waals surface area (Å²) in [5.41, 5.74) is -0.471. The van der Waals surface area contributed by atoms with Gasteiger partial charge in [-0.2, -0.15) is 0 Å². The largest absolute Gasteiger partial charge is 0.465 e. The standard InChI is InChI=1S/C24H36N2O5S/c1-7-9-13-31-22(30)17-16-14-15(3)24(32-16)18(17)20(28)25(11-12-27)19(24)21(29)26(10-8-2)23(4,5)6/h7-8,15-19,27H,1-2,9-14H2,3-6H3/t15?,16-,17+,18-,19?,24?/m0/s1. The van der Waals surface area contributed by atoms with E-state index < -0.39 is 28.2 Å². The highest BCUT2D eigenvalue weighted by molar-refractivity contribution is 8.02. The Morgan fingerprint density at radius 3 is 2.59 bits per heavy atom. The van der Waals surface area contributed by atoms with Gasteiger partial charge >= 0.3 is 5.97 Å². The van der Waals surface area contributed by atoms with Crippen LogP contribution in [0.25, 0.3) is 0 Å². The maximum absolute atomic E-state index is 14.0. The third-order valence-electron chi connectivity index (χ3n) is 7.05. The fourth-order valence-corrected chi connectivity index (χ4v) is 8.13.